The van der Waals surface area contributed by atoms with Crippen molar-refractivity contribution in [3.63, 3.8) is 0 Å². The summed E-state index contributed by atoms with van der Waals surface area (Å²) < 4.78 is 4.54. The van der Waals surface area contributed by atoms with E-state index in [0.29, 0.717) is 5.71 Å². The minimum absolute atomic E-state index is 0.141. The van der Waals surface area contributed by atoms with Crippen LogP contribution in [0.5, 0.6) is 0 Å². The molecule has 0 spiro atoms. The highest BCUT2D eigenvalue weighted by Gasteiger charge is 2.29. The Kier molecular flexibility index (Phi) is 2.12. The second kappa shape index (κ2) is 2.90. The first kappa shape index (κ1) is 8.04. The van der Waals surface area contributed by atoms with Crippen molar-refractivity contribution in [2.24, 2.45) is 11.0 Å². The Morgan fingerprint density at radius 2 is 2.27 bits per heavy atom. The number of nitrogens with zero attached hydrogens (tertiary/aromatic N) is 1. The molecule has 4 heteroatoms. The van der Waals surface area contributed by atoms with Crippen LogP contribution in [-0.4, -0.2) is 24.8 Å². The largest absolute Gasteiger partial charge is 0.464 e. The maximum Gasteiger partial charge on any atom is 0.354 e. The lowest BCUT2D eigenvalue weighted by Gasteiger charge is -2.08. The molecule has 1 rings (SSSR count). The van der Waals surface area contributed by atoms with E-state index in [2.05, 4.69) is 15.3 Å². The molecule has 11 heavy (non-hydrogen) atoms. The van der Waals surface area contributed by atoms with E-state index < -0.39 is 0 Å². The second-order valence-electron chi connectivity index (χ2n) is 2.70. The van der Waals surface area contributed by atoms with Gasteiger partial charge in [-0.15, -0.1) is 0 Å². The van der Waals surface area contributed by atoms with Crippen molar-refractivity contribution in [1.82, 2.24) is 5.43 Å². The van der Waals surface area contributed by atoms with Crippen LogP contribution in [0.4, 0.5) is 0 Å². The van der Waals surface area contributed by atoms with Gasteiger partial charge in [0.05, 0.1) is 7.11 Å². The Morgan fingerprint density at radius 1 is 1.64 bits per heavy atom. The number of hydrazone groups is 1. The molecule has 0 aliphatic carbocycles. The number of carbonyl (C=O) groups excluding carboxylic acids is 1. The number of nitrogens with one attached hydrogen (secondary N) is 1. The summed E-state index contributed by atoms with van der Waals surface area (Å²) >= 11 is 0. The number of rotatable bonds is 1. The maximum absolute atomic E-state index is 11.0. The topological polar surface area (TPSA) is 50.7 Å². The summed E-state index contributed by atoms with van der Waals surface area (Å²) in [7, 11) is 1.36. The molecule has 0 saturated heterocycles. The molecule has 2 unspecified atom stereocenters. The van der Waals surface area contributed by atoms with Gasteiger partial charge in [0.1, 0.15) is 5.71 Å². The predicted octanol–water partition coefficient (Wildman–Crippen LogP) is 0.143. The molecule has 0 amide bonds. The van der Waals surface area contributed by atoms with Crippen molar-refractivity contribution in [2.45, 2.75) is 19.9 Å². The third-order valence-electron chi connectivity index (χ3n) is 1.96. The average molecular weight is 156 g/mol. The summed E-state index contributed by atoms with van der Waals surface area (Å²) in [6.07, 6.45) is 0. The van der Waals surface area contributed by atoms with E-state index >= 15 is 0 Å². The number of hydrogen-bond acceptors (Lipinski definition) is 4. The van der Waals surface area contributed by atoms with Gasteiger partial charge in [0.2, 0.25) is 0 Å². The fraction of sp³-hybridized carbons (Fsp3) is 0.714. The van der Waals surface area contributed by atoms with Crippen molar-refractivity contribution in [3.8, 4) is 0 Å². The van der Waals surface area contributed by atoms with Crippen LogP contribution in [-0.2, 0) is 9.53 Å². The highest BCUT2D eigenvalue weighted by molar-refractivity contribution is 6.37. The van der Waals surface area contributed by atoms with E-state index in [4.69, 9.17) is 0 Å². The molecule has 1 aliphatic heterocycles. The summed E-state index contributed by atoms with van der Waals surface area (Å²) in [5.41, 5.74) is 3.31. The number of ether oxygens (including phenoxy) is 1. The standard InChI is InChI=1S/C7H12N2O2/c1-4-5(2)8-9-6(4)7(10)11-3/h4-5,8H,1-3H3. The van der Waals surface area contributed by atoms with E-state index in [0.717, 1.165) is 0 Å². The number of methoxy groups -OCH3 is 1. The fourth-order valence-electron chi connectivity index (χ4n) is 0.958. The second-order valence-corrected chi connectivity index (χ2v) is 2.70. The molecular formula is C7H12N2O2. The van der Waals surface area contributed by atoms with Gasteiger partial charge in [-0.25, -0.2) is 4.79 Å². The molecule has 0 radical (unpaired) electrons. The lowest BCUT2D eigenvalue weighted by atomic mass is 10.0. The highest BCUT2D eigenvalue weighted by atomic mass is 16.5. The molecule has 2 atom stereocenters. The minimum atomic E-state index is -0.339. The van der Waals surface area contributed by atoms with Crippen LogP contribution in [0.25, 0.3) is 0 Å². The highest BCUT2D eigenvalue weighted by Crippen LogP contribution is 2.12. The molecule has 1 heterocycles. The monoisotopic (exact) mass is 156 g/mol. The van der Waals surface area contributed by atoms with Gasteiger partial charge in [-0.2, -0.15) is 5.10 Å². The fourth-order valence-corrected chi connectivity index (χ4v) is 0.958. The van der Waals surface area contributed by atoms with Crippen molar-refractivity contribution in [1.29, 1.82) is 0 Å². The Hall–Kier alpha value is -1.06. The first-order valence-corrected chi connectivity index (χ1v) is 3.58. The maximum atomic E-state index is 11.0. The van der Waals surface area contributed by atoms with Crippen molar-refractivity contribution in [3.05, 3.63) is 0 Å². The van der Waals surface area contributed by atoms with Crippen LogP contribution < -0.4 is 5.43 Å². The van der Waals surface area contributed by atoms with Gasteiger partial charge < -0.3 is 10.2 Å². The summed E-state index contributed by atoms with van der Waals surface area (Å²) in [5, 5.41) is 3.86. The van der Waals surface area contributed by atoms with Gasteiger partial charge in [0, 0.05) is 12.0 Å². The van der Waals surface area contributed by atoms with Gasteiger partial charge in [0.15, 0.2) is 0 Å². The molecule has 0 aromatic heterocycles. The summed E-state index contributed by atoms with van der Waals surface area (Å²) in [6, 6.07) is 0.226. The molecular weight excluding hydrogens is 144 g/mol. The minimum Gasteiger partial charge on any atom is -0.464 e. The van der Waals surface area contributed by atoms with Crippen molar-refractivity contribution < 1.29 is 9.53 Å². The zero-order chi connectivity index (χ0) is 8.43. The van der Waals surface area contributed by atoms with E-state index in [1.165, 1.54) is 7.11 Å². The quantitative estimate of drug-likeness (QED) is 0.549. The zero-order valence-electron chi connectivity index (χ0n) is 6.92. The first-order valence-electron chi connectivity index (χ1n) is 3.58. The number of hydrogen-bond donors (Lipinski definition) is 1. The van der Waals surface area contributed by atoms with E-state index in [-0.39, 0.29) is 17.9 Å². The van der Waals surface area contributed by atoms with Crippen LogP contribution in [0.1, 0.15) is 13.8 Å². The first-order chi connectivity index (χ1) is 5.16. The Bertz CT molecular complexity index is 201. The van der Waals surface area contributed by atoms with Crippen LogP contribution in [0.3, 0.4) is 0 Å². The van der Waals surface area contributed by atoms with Crippen molar-refractivity contribution >= 4 is 11.7 Å². The average Bonchev–Trinajstić information content (AvgIpc) is 2.32. The lowest BCUT2D eigenvalue weighted by Crippen LogP contribution is -2.27. The molecule has 62 valence electrons. The van der Waals surface area contributed by atoms with Crippen LogP contribution in [0.2, 0.25) is 0 Å². The zero-order valence-corrected chi connectivity index (χ0v) is 6.92. The molecule has 0 fully saturated rings. The number of esters is 1. The molecule has 4 nitrogen and oxygen atoms in total. The molecule has 0 aromatic carbocycles. The third-order valence-corrected chi connectivity index (χ3v) is 1.96. The molecule has 1 N–H and O–H groups in total. The molecule has 1 aliphatic rings. The van der Waals surface area contributed by atoms with Crippen molar-refractivity contribution in [2.75, 3.05) is 7.11 Å². The SMILES string of the molecule is COC(=O)C1=NNC(C)C1C. The van der Waals surface area contributed by atoms with Crippen LogP contribution in [0.15, 0.2) is 5.10 Å². The van der Waals surface area contributed by atoms with E-state index in [9.17, 15) is 4.79 Å². The van der Waals surface area contributed by atoms with Gasteiger partial charge in [-0.05, 0) is 6.92 Å². The van der Waals surface area contributed by atoms with Crippen LogP contribution in [0, 0.1) is 5.92 Å². The molecule has 0 saturated carbocycles. The molecule has 0 bridgehead atoms. The van der Waals surface area contributed by atoms with Gasteiger partial charge >= 0.3 is 5.97 Å². The van der Waals surface area contributed by atoms with Gasteiger partial charge in [-0.1, -0.05) is 6.92 Å². The Balaban J connectivity index is 2.67. The molecule has 0 aromatic rings. The smallest absolute Gasteiger partial charge is 0.354 e. The van der Waals surface area contributed by atoms with E-state index in [1.807, 2.05) is 13.8 Å². The van der Waals surface area contributed by atoms with Crippen LogP contribution >= 0.6 is 0 Å². The summed E-state index contributed by atoms with van der Waals surface area (Å²) in [5.74, 6) is -0.197. The Labute approximate surface area is 65.6 Å². The lowest BCUT2D eigenvalue weighted by molar-refractivity contribution is -0.133. The number of carbonyl (C=O) groups is 1. The third kappa shape index (κ3) is 1.34. The van der Waals surface area contributed by atoms with Gasteiger partial charge in [0.25, 0.3) is 0 Å². The summed E-state index contributed by atoms with van der Waals surface area (Å²) in [4.78, 5) is 11.0. The van der Waals surface area contributed by atoms with E-state index in [1.54, 1.807) is 0 Å². The predicted molar refractivity (Wildman–Crippen MR) is 41.2 cm³/mol. The van der Waals surface area contributed by atoms with Gasteiger partial charge in [-0.3, -0.25) is 0 Å². The Morgan fingerprint density at radius 3 is 2.64 bits per heavy atom. The summed E-state index contributed by atoms with van der Waals surface area (Å²) in [6.45, 7) is 3.92. The normalized spacial score (nSPS) is 29.2.